The number of carbonyl (C=O) groups is 1. The predicted molar refractivity (Wildman–Crippen MR) is 85.3 cm³/mol. The van der Waals surface area contributed by atoms with Crippen LogP contribution in [0.5, 0.6) is 0 Å². The molecule has 0 aromatic carbocycles. The molecule has 2 aliphatic carbocycles. The van der Waals surface area contributed by atoms with Crippen molar-refractivity contribution < 1.29 is 9.53 Å². The molecule has 2 fully saturated rings. The van der Waals surface area contributed by atoms with Gasteiger partial charge >= 0.3 is 5.97 Å². The molecule has 1 unspecified atom stereocenters. The fourth-order valence-electron chi connectivity index (χ4n) is 2.86. The van der Waals surface area contributed by atoms with Gasteiger partial charge < -0.3 is 9.64 Å². The van der Waals surface area contributed by atoms with Crippen molar-refractivity contribution in [3.05, 3.63) is 0 Å². The number of nitrogens with one attached hydrogen (secondary N) is 1. The Morgan fingerprint density at radius 2 is 1.95 bits per heavy atom. The van der Waals surface area contributed by atoms with Crippen molar-refractivity contribution in [2.45, 2.75) is 70.9 Å². The highest BCUT2D eigenvalue weighted by Gasteiger charge is 2.39. The molecule has 2 saturated carbocycles. The van der Waals surface area contributed by atoms with E-state index in [1.54, 1.807) is 0 Å². The Balaban J connectivity index is 1.87. The summed E-state index contributed by atoms with van der Waals surface area (Å²) in [6, 6.07) is 0.516. The van der Waals surface area contributed by atoms with Crippen molar-refractivity contribution in [1.82, 2.24) is 10.2 Å². The molecule has 0 saturated heterocycles. The molecule has 21 heavy (non-hydrogen) atoms. The highest BCUT2D eigenvalue weighted by atomic mass is 16.5. The van der Waals surface area contributed by atoms with Crippen molar-refractivity contribution in [1.29, 1.82) is 0 Å². The number of esters is 1. The van der Waals surface area contributed by atoms with Gasteiger partial charge in [-0.15, -0.1) is 0 Å². The van der Waals surface area contributed by atoms with Crippen LogP contribution in [-0.4, -0.2) is 48.7 Å². The number of rotatable bonds is 11. The summed E-state index contributed by atoms with van der Waals surface area (Å²) in [5, 5.41) is 3.52. The second-order valence-corrected chi connectivity index (χ2v) is 6.97. The molecular formula is C17H32N2O2. The topological polar surface area (TPSA) is 41.6 Å². The SMILES string of the molecule is CCCN(CCC(C)(NC1CC1)C(=O)OCC)CC1CC1. The maximum Gasteiger partial charge on any atom is 0.326 e. The summed E-state index contributed by atoms with van der Waals surface area (Å²) in [6.07, 6.45) is 7.17. The van der Waals surface area contributed by atoms with Crippen LogP contribution in [0.3, 0.4) is 0 Å². The molecule has 2 aliphatic rings. The van der Waals surface area contributed by atoms with Gasteiger partial charge in [0.1, 0.15) is 5.54 Å². The normalized spacial score (nSPS) is 21.3. The quantitative estimate of drug-likeness (QED) is 0.595. The maximum absolute atomic E-state index is 12.3. The third-order valence-corrected chi connectivity index (χ3v) is 4.51. The van der Waals surface area contributed by atoms with Crippen molar-refractivity contribution in [2.75, 3.05) is 26.2 Å². The summed E-state index contributed by atoms with van der Waals surface area (Å²) in [6.45, 7) is 9.92. The second kappa shape index (κ2) is 7.59. The number of hydrogen-bond acceptors (Lipinski definition) is 4. The van der Waals surface area contributed by atoms with Gasteiger partial charge in [0.2, 0.25) is 0 Å². The molecule has 2 rings (SSSR count). The first kappa shape index (κ1) is 16.8. The predicted octanol–water partition coefficient (Wildman–Crippen LogP) is 2.57. The molecule has 0 heterocycles. The van der Waals surface area contributed by atoms with Crippen LogP contribution in [0.25, 0.3) is 0 Å². The summed E-state index contributed by atoms with van der Waals surface area (Å²) in [4.78, 5) is 14.9. The summed E-state index contributed by atoms with van der Waals surface area (Å²) >= 11 is 0. The minimum atomic E-state index is -0.521. The zero-order valence-corrected chi connectivity index (χ0v) is 14.0. The van der Waals surface area contributed by atoms with E-state index in [0.29, 0.717) is 12.6 Å². The van der Waals surface area contributed by atoms with Crippen LogP contribution in [0.2, 0.25) is 0 Å². The van der Waals surface area contributed by atoms with E-state index in [1.807, 2.05) is 13.8 Å². The van der Waals surface area contributed by atoms with Crippen LogP contribution in [0.1, 0.15) is 59.3 Å². The Morgan fingerprint density at radius 1 is 1.24 bits per heavy atom. The summed E-state index contributed by atoms with van der Waals surface area (Å²) < 4.78 is 5.30. The molecule has 4 nitrogen and oxygen atoms in total. The van der Waals surface area contributed by atoms with Crippen LogP contribution in [-0.2, 0) is 9.53 Å². The molecule has 0 spiro atoms. The van der Waals surface area contributed by atoms with Gasteiger partial charge in [-0.1, -0.05) is 6.92 Å². The van der Waals surface area contributed by atoms with E-state index in [1.165, 1.54) is 38.6 Å². The first-order valence-electron chi connectivity index (χ1n) is 8.74. The van der Waals surface area contributed by atoms with Gasteiger partial charge in [0.05, 0.1) is 6.61 Å². The standard InChI is InChI=1S/C17H32N2O2/c1-4-11-19(13-14-6-7-14)12-10-17(3,16(20)21-5-2)18-15-8-9-15/h14-15,18H,4-13H2,1-3H3. The average Bonchev–Trinajstić information content (AvgIpc) is 3.33. The number of carbonyl (C=O) groups excluding carboxylic acids is 1. The Hall–Kier alpha value is -0.610. The van der Waals surface area contributed by atoms with Gasteiger partial charge in [0, 0.05) is 19.1 Å². The van der Waals surface area contributed by atoms with Crippen LogP contribution in [0, 0.1) is 5.92 Å². The van der Waals surface area contributed by atoms with Crippen molar-refractivity contribution in [3.8, 4) is 0 Å². The van der Waals surface area contributed by atoms with E-state index < -0.39 is 5.54 Å². The molecule has 4 heteroatoms. The molecule has 0 bridgehead atoms. The summed E-state index contributed by atoms with van der Waals surface area (Å²) in [7, 11) is 0. The van der Waals surface area contributed by atoms with Crippen LogP contribution >= 0.6 is 0 Å². The van der Waals surface area contributed by atoms with Crippen molar-refractivity contribution in [3.63, 3.8) is 0 Å². The molecule has 0 aliphatic heterocycles. The molecule has 0 aromatic rings. The van der Waals surface area contributed by atoms with E-state index in [4.69, 9.17) is 4.74 Å². The maximum atomic E-state index is 12.3. The highest BCUT2D eigenvalue weighted by Crippen LogP contribution is 2.30. The zero-order chi connectivity index (χ0) is 15.3. The van der Waals surface area contributed by atoms with E-state index in [2.05, 4.69) is 17.1 Å². The third-order valence-electron chi connectivity index (χ3n) is 4.51. The lowest BCUT2D eigenvalue weighted by Gasteiger charge is -2.32. The van der Waals surface area contributed by atoms with E-state index in [9.17, 15) is 4.79 Å². The van der Waals surface area contributed by atoms with Gasteiger partial charge in [-0.3, -0.25) is 10.1 Å². The monoisotopic (exact) mass is 296 g/mol. The van der Waals surface area contributed by atoms with Gasteiger partial charge in [-0.25, -0.2) is 0 Å². The van der Waals surface area contributed by atoms with Gasteiger partial charge in [0.15, 0.2) is 0 Å². The van der Waals surface area contributed by atoms with E-state index in [-0.39, 0.29) is 5.97 Å². The fourth-order valence-corrected chi connectivity index (χ4v) is 2.86. The Morgan fingerprint density at radius 3 is 2.48 bits per heavy atom. The first-order chi connectivity index (χ1) is 10.1. The minimum absolute atomic E-state index is 0.0835. The van der Waals surface area contributed by atoms with E-state index >= 15 is 0 Å². The van der Waals surface area contributed by atoms with Crippen LogP contribution in [0.4, 0.5) is 0 Å². The summed E-state index contributed by atoms with van der Waals surface area (Å²) in [5.41, 5.74) is -0.521. The molecule has 0 amide bonds. The van der Waals surface area contributed by atoms with Crippen molar-refractivity contribution >= 4 is 5.97 Å². The zero-order valence-electron chi connectivity index (χ0n) is 14.0. The van der Waals surface area contributed by atoms with E-state index in [0.717, 1.165) is 25.4 Å². The Kier molecular flexibility index (Phi) is 6.06. The molecule has 0 radical (unpaired) electrons. The molecule has 0 aromatic heterocycles. The molecular weight excluding hydrogens is 264 g/mol. The largest absolute Gasteiger partial charge is 0.465 e. The highest BCUT2D eigenvalue weighted by molar-refractivity contribution is 5.80. The van der Waals surface area contributed by atoms with Crippen LogP contribution < -0.4 is 5.32 Å². The van der Waals surface area contributed by atoms with Crippen LogP contribution in [0.15, 0.2) is 0 Å². The lowest BCUT2D eigenvalue weighted by molar-refractivity contribution is -0.151. The van der Waals surface area contributed by atoms with Crippen molar-refractivity contribution in [2.24, 2.45) is 5.92 Å². The average molecular weight is 296 g/mol. The molecule has 1 N–H and O–H groups in total. The number of hydrogen-bond donors (Lipinski definition) is 1. The number of ether oxygens (including phenoxy) is 1. The Bertz CT molecular complexity index is 340. The third kappa shape index (κ3) is 5.59. The van der Waals surface area contributed by atoms with Gasteiger partial charge in [-0.05, 0) is 64.8 Å². The molecule has 122 valence electrons. The second-order valence-electron chi connectivity index (χ2n) is 6.97. The van der Waals surface area contributed by atoms with Gasteiger partial charge in [0.25, 0.3) is 0 Å². The Labute approximate surface area is 129 Å². The smallest absolute Gasteiger partial charge is 0.326 e. The summed E-state index contributed by atoms with van der Waals surface area (Å²) in [5.74, 6) is 0.821. The molecule has 1 atom stereocenters. The lowest BCUT2D eigenvalue weighted by atomic mass is 9.97. The minimum Gasteiger partial charge on any atom is -0.465 e. The number of nitrogens with zero attached hydrogens (tertiary/aromatic N) is 1. The fraction of sp³-hybridized carbons (Fsp3) is 0.941. The lowest BCUT2D eigenvalue weighted by Crippen LogP contribution is -2.53. The van der Waals surface area contributed by atoms with Gasteiger partial charge in [-0.2, -0.15) is 0 Å². The first-order valence-corrected chi connectivity index (χ1v) is 8.74.